The Morgan fingerprint density at radius 3 is 2.47 bits per heavy atom. The molecule has 2 aromatic heterocycles. The molecule has 7 nitrogen and oxygen atoms in total. The molecule has 0 unspecified atom stereocenters. The molecule has 3 heterocycles. The highest BCUT2D eigenvalue weighted by Crippen LogP contribution is 2.35. The molecule has 1 saturated heterocycles. The maximum atomic E-state index is 13.2. The molecule has 0 saturated carbocycles. The molecular formula is C22H23F3N6O. The van der Waals surface area contributed by atoms with Gasteiger partial charge >= 0.3 is 6.18 Å². The van der Waals surface area contributed by atoms with Crippen LogP contribution in [0.4, 0.5) is 24.7 Å². The maximum Gasteiger partial charge on any atom is 0.418 e. The fourth-order valence-electron chi connectivity index (χ4n) is 3.93. The molecular weight excluding hydrogens is 421 g/mol. The summed E-state index contributed by atoms with van der Waals surface area (Å²) < 4.78 is 41.4. The van der Waals surface area contributed by atoms with Gasteiger partial charge in [0.15, 0.2) is 11.6 Å². The van der Waals surface area contributed by atoms with Gasteiger partial charge in [0, 0.05) is 18.8 Å². The topological polar surface area (TPSA) is 75.9 Å². The quantitative estimate of drug-likeness (QED) is 0.654. The van der Waals surface area contributed by atoms with E-state index in [4.69, 9.17) is 0 Å². The number of rotatable bonds is 4. The second kappa shape index (κ2) is 8.60. The number of amides is 1. The monoisotopic (exact) mass is 444 g/mol. The largest absolute Gasteiger partial charge is 0.418 e. The molecule has 1 aliphatic heterocycles. The van der Waals surface area contributed by atoms with E-state index in [-0.39, 0.29) is 5.69 Å². The first-order valence-corrected chi connectivity index (χ1v) is 10.3. The Labute approximate surface area is 183 Å². The van der Waals surface area contributed by atoms with Gasteiger partial charge in [0.1, 0.15) is 0 Å². The lowest BCUT2D eigenvalue weighted by atomic mass is 9.96. The summed E-state index contributed by atoms with van der Waals surface area (Å²) in [5, 5.41) is 15.4. The van der Waals surface area contributed by atoms with Crippen LogP contribution in [0.2, 0.25) is 0 Å². The van der Waals surface area contributed by atoms with Crippen LogP contribution in [-0.4, -0.2) is 39.0 Å². The van der Waals surface area contributed by atoms with Crippen molar-refractivity contribution in [3.8, 4) is 5.82 Å². The third-order valence-electron chi connectivity index (χ3n) is 5.47. The first-order chi connectivity index (χ1) is 15.2. The molecule has 168 valence electrons. The summed E-state index contributed by atoms with van der Waals surface area (Å²) in [5.41, 5.74) is 0.742. The van der Waals surface area contributed by atoms with Crippen molar-refractivity contribution in [1.82, 2.24) is 20.0 Å². The van der Waals surface area contributed by atoms with E-state index >= 15 is 0 Å². The highest BCUT2D eigenvalue weighted by Gasteiger charge is 2.34. The Morgan fingerprint density at radius 1 is 1.09 bits per heavy atom. The molecule has 1 aliphatic rings. The summed E-state index contributed by atoms with van der Waals surface area (Å²) in [4.78, 5) is 14.7. The van der Waals surface area contributed by atoms with E-state index in [1.165, 1.54) is 18.2 Å². The second-order valence-electron chi connectivity index (χ2n) is 7.91. The van der Waals surface area contributed by atoms with E-state index in [0.29, 0.717) is 31.1 Å². The van der Waals surface area contributed by atoms with Gasteiger partial charge in [0.2, 0.25) is 5.91 Å². The number of aryl methyl sites for hydroxylation is 2. The fourth-order valence-corrected chi connectivity index (χ4v) is 3.93. The Morgan fingerprint density at radius 2 is 1.81 bits per heavy atom. The number of para-hydroxylation sites is 1. The Hall–Kier alpha value is -3.43. The smallest absolute Gasteiger partial charge is 0.354 e. The number of benzene rings is 1. The van der Waals surface area contributed by atoms with Crippen LogP contribution in [0.3, 0.4) is 0 Å². The third-order valence-corrected chi connectivity index (χ3v) is 5.47. The summed E-state index contributed by atoms with van der Waals surface area (Å²) in [6, 6.07) is 10.6. The standard InChI is InChI=1S/C22H23F3N6O/c1-14-12-15(2)31(29-14)20-10-9-19(27-28-20)30-11-5-6-16(13-30)21(32)26-18-8-4-3-7-17(18)22(23,24)25/h3-4,7-10,12,16H,5-6,11,13H2,1-2H3,(H,26,32)/t16-/m0/s1. The SMILES string of the molecule is Cc1cc(C)n(-c2ccc(N3CCC[C@H](C(=O)Nc4ccccc4C(F)(F)F)C3)nn2)n1. The molecule has 0 spiro atoms. The lowest BCUT2D eigenvalue weighted by molar-refractivity contribution is -0.137. The highest BCUT2D eigenvalue weighted by atomic mass is 19.4. The lowest BCUT2D eigenvalue weighted by Gasteiger charge is -2.32. The molecule has 0 radical (unpaired) electrons. The van der Waals surface area contributed by atoms with Gasteiger partial charge in [-0.3, -0.25) is 4.79 Å². The second-order valence-corrected chi connectivity index (χ2v) is 7.91. The van der Waals surface area contributed by atoms with Crippen molar-refractivity contribution in [1.29, 1.82) is 0 Å². The predicted molar refractivity (Wildman–Crippen MR) is 114 cm³/mol. The van der Waals surface area contributed by atoms with Gasteiger partial charge in [-0.05, 0) is 57.0 Å². The van der Waals surface area contributed by atoms with Crippen molar-refractivity contribution in [3.05, 3.63) is 59.4 Å². The zero-order valence-electron chi connectivity index (χ0n) is 17.7. The Kier molecular flexibility index (Phi) is 5.86. The molecule has 4 rings (SSSR count). The molecule has 3 aromatic rings. The number of piperidine rings is 1. The van der Waals surface area contributed by atoms with E-state index in [2.05, 4.69) is 20.6 Å². The van der Waals surface area contributed by atoms with Gasteiger partial charge in [-0.15, -0.1) is 10.2 Å². The van der Waals surface area contributed by atoms with Gasteiger partial charge in [0.25, 0.3) is 0 Å². The molecule has 1 aromatic carbocycles. The van der Waals surface area contributed by atoms with Crippen LogP contribution < -0.4 is 10.2 Å². The van der Waals surface area contributed by atoms with Crippen molar-refractivity contribution >= 4 is 17.4 Å². The van der Waals surface area contributed by atoms with Crippen LogP contribution in [-0.2, 0) is 11.0 Å². The van der Waals surface area contributed by atoms with Crippen molar-refractivity contribution in [2.45, 2.75) is 32.9 Å². The number of carbonyl (C=O) groups excluding carboxylic acids is 1. The molecule has 1 N–H and O–H groups in total. The fraction of sp³-hybridized carbons (Fsp3) is 0.364. The molecule has 1 amide bonds. The van der Waals surface area contributed by atoms with Crippen LogP contribution in [0.15, 0.2) is 42.5 Å². The van der Waals surface area contributed by atoms with Crippen LogP contribution in [0.25, 0.3) is 5.82 Å². The minimum atomic E-state index is -4.54. The van der Waals surface area contributed by atoms with Gasteiger partial charge in [-0.2, -0.15) is 18.3 Å². The number of halogens is 3. The maximum absolute atomic E-state index is 13.2. The number of alkyl halides is 3. The van der Waals surface area contributed by atoms with Crippen molar-refractivity contribution in [3.63, 3.8) is 0 Å². The van der Waals surface area contributed by atoms with E-state index in [1.807, 2.05) is 36.9 Å². The van der Waals surface area contributed by atoms with Gasteiger partial charge < -0.3 is 10.2 Å². The Balaban J connectivity index is 1.46. The average Bonchev–Trinajstić information content (AvgIpc) is 3.11. The van der Waals surface area contributed by atoms with Crippen molar-refractivity contribution < 1.29 is 18.0 Å². The number of nitrogens with one attached hydrogen (secondary N) is 1. The third kappa shape index (κ3) is 4.58. The molecule has 1 atom stereocenters. The first kappa shape index (κ1) is 21.8. The van der Waals surface area contributed by atoms with E-state index in [0.717, 1.165) is 23.9 Å². The lowest BCUT2D eigenvalue weighted by Crippen LogP contribution is -2.41. The molecule has 0 bridgehead atoms. The number of aromatic nitrogens is 4. The number of nitrogens with zero attached hydrogens (tertiary/aromatic N) is 5. The molecule has 0 aliphatic carbocycles. The predicted octanol–water partition coefficient (Wildman–Crippen LogP) is 4.15. The number of carbonyl (C=O) groups is 1. The minimum Gasteiger partial charge on any atom is -0.354 e. The highest BCUT2D eigenvalue weighted by molar-refractivity contribution is 5.93. The van der Waals surface area contributed by atoms with Crippen LogP contribution >= 0.6 is 0 Å². The van der Waals surface area contributed by atoms with Crippen LogP contribution in [0, 0.1) is 19.8 Å². The number of hydrogen-bond acceptors (Lipinski definition) is 5. The minimum absolute atomic E-state index is 0.226. The van der Waals surface area contributed by atoms with Gasteiger partial charge in [-0.25, -0.2) is 4.68 Å². The summed E-state index contributed by atoms with van der Waals surface area (Å²) in [6.07, 6.45) is -3.22. The van der Waals surface area contributed by atoms with E-state index in [1.54, 1.807) is 4.68 Å². The summed E-state index contributed by atoms with van der Waals surface area (Å²) in [7, 11) is 0. The van der Waals surface area contributed by atoms with Crippen molar-refractivity contribution in [2.75, 3.05) is 23.3 Å². The zero-order chi connectivity index (χ0) is 22.9. The van der Waals surface area contributed by atoms with E-state index in [9.17, 15) is 18.0 Å². The number of anilines is 2. The molecule has 1 fully saturated rings. The van der Waals surface area contributed by atoms with Gasteiger partial charge in [0.05, 0.1) is 22.9 Å². The van der Waals surface area contributed by atoms with Crippen LogP contribution in [0.5, 0.6) is 0 Å². The van der Waals surface area contributed by atoms with Crippen molar-refractivity contribution in [2.24, 2.45) is 5.92 Å². The first-order valence-electron chi connectivity index (χ1n) is 10.3. The Bertz CT molecular complexity index is 1110. The molecule has 32 heavy (non-hydrogen) atoms. The summed E-state index contributed by atoms with van der Waals surface area (Å²) >= 11 is 0. The van der Waals surface area contributed by atoms with Crippen LogP contribution in [0.1, 0.15) is 29.8 Å². The van der Waals surface area contributed by atoms with Gasteiger partial charge in [-0.1, -0.05) is 12.1 Å². The normalized spacial score (nSPS) is 16.8. The molecule has 10 heteroatoms. The average molecular weight is 444 g/mol. The number of hydrogen-bond donors (Lipinski definition) is 1. The van der Waals surface area contributed by atoms with E-state index < -0.39 is 23.6 Å². The zero-order valence-corrected chi connectivity index (χ0v) is 17.7. The summed E-state index contributed by atoms with van der Waals surface area (Å²) in [5.74, 6) is 0.319. The summed E-state index contributed by atoms with van der Waals surface area (Å²) in [6.45, 7) is 4.88.